The Morgan fingerprint density at radius 1 is 1.43 bits per heavy atom. The van der Waals surface area contributed by atoms with E-state index in [2.05, 4.69) is 0 Å². The van der Waals surface area contributed by atoms with Crippen LogP contribution in [0.4, 0.5) is 0 Å². The molecule has 0 aromatic rings. The first kappa shape index (κ1) is 11.7. The second-order valence-corrected chi connectivity index (χ2v) is 7.51. The van der Waals surface area contributed by atoms with Gasteiger partial charge in [-0.2, -0.15) is 0 Å². The van der Waals surface area contributed by atoms with Crippen LogP contribution in [0.15, 0.2) is 10.3 Å². The molecule has 0 aromatic carbocycles. The molecular weight excluding hydrogens is 224 g/mol. The van der Waals surface area contributed by atoms with Crippen LogP contribution in [0.2, 0.25) is 0 Å². The highest BCUT2D eigenvalue weighted by Crippen LogP contribution is 2.23. The fraction of sp³-hybridized carbons (Fsp3) is 0.750. The third kappa shape index (κ3) is 2.81. The Labute approximate surface area is 84.8 Å². The maximum Gasteiger partial charge on any atom is 0.175 e. The Morgan fingerprint density at radius 3 is 2.50 bits per heavy atom. The molecule has 1 aliphatic rings. The van der Waals surface area contributed by atoms with Crippen molar-refractivity contribution in [1.29, 1.82) is 0 Å². The van der Waals surface area contributed by atoms with Crippen LogP contribution in [0.25, 0.3) is 0 Å². The van der Waals surface area contributed by atoms with E-state index in [1.807, 2.05) is 6.92 Å². The van der Waals surface area contributed by atoms with Crippen LogP contribution in [0.3, 0.4) is 0 Å². The predicted octanol–water partition coefficient (Wildman–Crippen LogP) is 0.861. The summed E-state index contributed by atoms with van der Waals surface area (Å²) in [5.74, 6) is -0.00145. The summed E-state index contributed by atoms with van der Waals surface area (Å²) >= 11 is 0. The molecule has 6 heteroatoms. The molecule has 4 nitrogen and oxygen atoms in total. The lowest BCUT2D eigenvalue weighted by Crippen LogP contribution is -2.07. The number of unbranched alkanes of at least 4 members (excludes halogenated alkanes) is 1. The molecule has 0 saturated heterocycles. The topological polar surface area (TPSA) is 68.3 Å². The first-order valence-corrected chi connectivity index (χ1v) is 7.90. The molecule has 0 saturated carbocycles. The number of rotatable bonds is 4. The molecule has 1 aliphatic heterocycles. The van der Waals surface area contributed by atoms with Crippen LogP contribution in [-0.4, -0.2) is 28.3 Å². The van der Waals surface area contributed by atoms with Crippen LogP contribution < -0.4 is 0 Å². The molecule has 0 radical (unpaired) electrons. The zero-order chi connectivity index (χ0) is 10.8. The molecule has 82 valence electrons. The highest BCUT2D eigenvalue weighted by Gasteiger charge is 2.27. The van der Waals surface area contributed by atoms with Crippen molar-refractivity contribution in [2.24, 2.45) is 0 Å². The second-order valence-electron chi connectivity index (χ2n) is 3.37. The van der Waals surface area contributed by atoms with Gasteiger partial charge in [0.1, 0.15) is 0 Å². The number of allylic oxidation sites excluding steroid dienone is 1. The smallest absolute Gasteiger partial charge is 0.175 e. The maximum atomic E-state index is 11.5. The molecule has 0 unspecified atom stereocenters. The lowest BCUT2D eigenvalue weighted by atomic mass is 10.4. The van der Waals surface area contributed by atoms with E-state index in [4.69, 9.17) is 0 Å². The summed E-state index contributed by atoms with van der Waals surface area (Å²) in [5, 5.41) is 0.915. The zero-order valence-corrected chi connectivity index (χ0v) is 9.70. The average Bonchev–Trinajstić information content (AvgIpc) is 2.43. The molecule has 0 atom stereocenters. The van der Waals surface area contributed by atoms with Gasteiger partial charge in [0.2, 0.25) is 0 Å². The molecule has 0 N–H and O–H groups in total. The van der Waals surface area contributed by atoms with Gasteiger partial charge in [-0.25, -0.2) is 16.8 Å². The summed E-state index contributed by atoms with van der Waals surface area (Å²) in [5.41, 5.74) is 0. The Balaban J connectivity index is 2.86. The Kier molecular flexibility index (Phi) is 3.36. The number of hydrogen-bond acceptors (Lipinski definition) is 4. The van der Waals surface area contributed by atoms with Gasteiger partial charge in [-0.3, -0.25) is 0 Å². The van der Waals surface area contributed by atoms with E-state index in [1.54, 1.807) is 0 Å². The number of hydrogen-bond donors (Lipinski definition) is 0. The van der Waals surface area contributed by atoms with Gasteiger partial charge in [0, 0.05) is 5.41 Å². The Hall–Kier alpha value is -0.360. The normalized spacial score (nSPS) is 20.8. The summed E-state index contributed by atoms with van der Waals surface area (Å²) in [7, 11) is -6.56. The van der Waals surface area contributed by atoms with Gasteiger partial charge in [-0.1, -0.05) is 13.3 Å². The first-order chi connectivity index (χ1) is 6.37. The zero-order valence-electron chi connectivity index (χ0n) is 8.06. The van der Waals surface area contributed by atoms with Gasteiger partial charge in [0.25, 0.3) is 0 Å². The van der Waals surface area contributed by atoms with Crippen molar-refractivity contribution >= 4 is 19.7 Å². The summed E-state index contributed by atoms with van der Waals surface area (Å²) < 4.78 is 45.1. The van der Waals surface area contributed by atoms with Gasteiger partial charge < -0.3 is 0 Å². The van der Waals surface area contributed by atoms with Crippen molar-refractivity contribution in [2.75, 3.05) is 11.5 Å². The van der Waals surface area contributed by atoms with Gasteiger partial charge in [0.05, 0.1) is 16.4 Å². The molecule has 1 rings (SSSR count). The minimum Gasteiger partial charge on any atom is -0.224 e. The highest BCUT2D eigenvalue weighted by molar-refractivity contribution is 7.99. The van der Waals surface area contributed by atoms with Gasteiger partial charge >= 0.3 is 0 Å². The van der Waals surface area contributed by atoms with Crippen molar-refractivity contribution in [3.63, 3.8) is 0 Å². The van der Waals surface area contributed by atoms with E-state index in [1.165, 1.54) is 0 Å². The third-order valence-electron chi connectivity index (χ3n) is 2.11. The van der Waals surface area contributed by atoms with E-state index in [-0.39, 0.29) is 22.8 Å². The molecule has 0 fully saturated rings. The molecule has 0 aliphatic carbocycles. The monoisotopic (exact) mass is 238 g/mol. The van der Waals surface area contributed by atoms with E-state index in [0.717, 1.165) is 11.8 Å². The molecule has 0 amide bonds. The van der Waals surface area contributed by atoms with Gasteiger partial charge in [-0.15, -0.1) is 0 Å². The van der Waals surface area contributed by atoms with E-state index >= 15 is 0 Å². The fourth-order valence-electron chi connectivity index (χ4n) is 1.26. The third-order valence-corrected chi connectivity index (χ3v) is 5.62. The summed E-state index contributed by atoms with van der Waals surface area (Å²) in [6, 6.07) is 0. The van der Waals surface area contributed by atoms with Crippen LogP contribution in [0, 0.1) is 0 Å². The lowest BCUT2D eigenvalue weighted by Gasteiger charge is -2.01. The van der Waals surface area contributed by atoms with Crippen molar-refractivity contribution in [3.8, 4) is 0 Å². The average molecular weight is 238 g/mol. The fourth-order valence-corrected chi connectivity index (χ4v) is 4.90. The molecule has 0 bridgehead atoms. The first-order valence-electron chi connectivity index (χ1n) is 4.53. The highest BCUT2D eigenvalue weighted by atomic mass is 32.2. The van der Waals surface area contributed by atoms with Crippen molar-refractivity contribution in [2.45, 2.75) is 26.2 Å². The SMILES string of the molecule is CCCCS(=O)(=O)C1=CS(=O)(=O)CC1. The summed E-state index contributed by atoms with van der Waals surface area (Å²) in [6.45, 7) is 1.90. The van der Waals surface area contributed by atoms with Crippen LogP contribution in [-0.2, 0) is 19.7 Å². The van der Waals surface area contributed by atoms with Crippen LogP contribution >= 0.6 is 0 Å². The van der Waals surface area contributed by atoms with Crippen LogP contribution in [0.5, 0.6) is 0 Å². The number of sulfone groups is 2. The minimum atomic E-state index is -3.31. The molecule has 0 spiro atoms. The van der Waals surface area contributed by atoms with Crippen molar-refractivity contribution < 1.29 is 16.8 Å². The quantitative estimate of drug-likeness (QED) is 0.728. The molecular formula is C8H14O4S2. The largest absolute Gasteiger partial charge is 0.224 e. The van der Waals surface area contributed by atoms with Gasteiger partial charge in [-0.05, 0) is 12.8 Å². The molecule has 14 heavy (non-hydrogen) atoms. The molecule has 1 heterocycles. The Bertz CT molecular complexity index is 428. The minimum absolute atomic E-state index is 0.0604. The van der Waals surface area contributed by atoms with E-state index < -0.39 is 19.7 Å². The van der Waals surface area contributed by atoms with Gasteiger partial charge in [0.15, 0.2) is 19.7 Å². The van der Waals surface area contributed by atoms with E-state index in [0.29, 0.717) is 6.42 Å². The standard InChI is InChI=1S/C8H14O4S2/c1-2-3-5-14(11,12)8-4-6-13(9,10)7-8/h7H,2-6H2,1H3. The van der Waals surface area contributed by atoms with Crippen molar-refractivity contribution in [1.82, 2.24) is 0 Å². The molecule has 0 aromatic heterocycles. The predicted molar refractivity (Wildman–Crippen MR) is 55.2 cm³/mol. The van der Waals surface area contributed by atoms with Crippen molar-refractivity contribution in [3.05, 3.63) is 10.3 Å². The second kappa shape index (κ2) is 4.02. The maximum absolute atomic E-state index is 11.5. The van der Waals surface area contributed by atoms with Crippen LogP contribution in [0.1, 0.15) is 26.2 Å². The Morgan fingerprint density at radius 2 is 2.07 bits per heavy atom. The summed E-state index contributed by atoms with van der Waals surface area (Å²) in [6.07, 6.45) is 1.52. The van der Waals surface area contributed by atoms with E-state index in [9.17, 15) is 16.8 Å². The lowest BCUT2D eigenvalue weighted by molar-refractivity contribution is 0.597. The summed E-state index contributed by atoms with van der Waals surface area (Å²) in [4.78, 5) is 0.0888.